The number of phenolic OH excluding ortho intramolecular Hbond substituents is 1. The van der Waals surface area contributed by atoms with E-state index < -0.39 is 64.4 Å². The van der Waals surface area contributed by atoms with Gasteiger partial charge >= 0.3 is 6.09 Å². The Hall–Kier alpha value is -3.90. The van der Waals surface area contributed by atoms with Gasteiger partial charge in [-0.3, -0.25) is 14.4 Å². The van der Waals surface area contributed by atoms with E-state index in [1.54, 1.807) is 31.1 Å². The van der Waals surface area contributed by atoms with E-state index in [2.05, 4.69) is 11.9 Å². The number of carbonyl (C=O) groups is 4. The first-order chi connectivity index (χ1) is 18.3. The van der Waals surface area contributed by atoms with Gasteiger partial charge in [-0.25, -0.2) is 4.79 Å². The zero-order valence-corrected chi connectivity index (χ0v) is 21.8. The molecule has 0 aliphatic heterocycles. The van der Waals surface area contributed by atoms with Gasteiger partial charge in [-0.05, 0) is 36.8 Å². The third-order valence-electron chi connectivity index (χ3n) is 8.02. The Bertz CT molecular complexity index is 1290. The van der Waals surface area contributed by atoms with E-state index in [1.165, 1.54) is 0 Å². The number of anilines is 1. The van der Waals surface area contributed by atoms with Gasteiger partial charge in [0.2, 0.25) is 0 Å². The number of rotatable bonds is 7. The molecule has 1 unspecified atom stereocenters. The summed E-state index contributed by atoms with van der Waals surface area (Å²) in [7, 11) is 3.51. The molecule has 1 aromatic carbocycles. The molecule has 0 aromatic heterocycles. The van der Waals surface area contributed by atoms with E-state index in [0.29, 0.717) is 17.7 Å². The van der Waals surface area contributed by atoms with Crippen molar-refractivity contribution in [2.45, 2.75) is 43.9 Å². The fourth-order valence-electron chi connectivity index (χ4n) is 6.16. The molecule has 1 fully saturated rings. The Morgan fingerprint density at radius 2 is 1.97 bits per heavy atom. The molecule has 0 radical (unpaired) electrons. The molecule has 4 rings (SSSR count). The molecule has 0 spiro atoms. The van der Waals surface area contributed by atoms with Crippen LogP contribution in [0.4, 0.5) is 10.5 Å². The summed E-state index contributed by atoms with van der Waals surface area (Å²) < 4.78 is 5.02. The molecule has 5 atom stereocenters. The van der Waals surface area contributed by atoms with Crippen LogP contribution in [0.5, 0.6) is 5.75 Å². The number of ketones is 2. The van der Waals surface area contributed by atoms with Crippen molar-refractivity contribution in [1.29, 1.82) is 0 Å². The average molecular weight is 544 g/mol. The Kier molecular flexibility index (Phi) is 7.46. The first-order valence-corrected chi connectivity index (χ1v) is 12.6. The number of primary amides is 1. The normalized spacial score (nSPS) is 27.7. The van der Waals surface area contributed by atoms with Crippen molar-refractivity contribution in [3.63, 3.8) is 0 Å². The SMILES string of the molecule is C=CCCOC(=O)NCc1cc(N(C)C)c2c(c1O)C(=O)[C@@H]1C(O)[C@]3(O)C(O)=C(C(N)=O)C(=O)C[C@@H]3C[C@@H]1C2. The Morgan fingerprint density at radius 1 is 1.28 bits per heavy atom. The minimum Gasteiger partial charge on any atom is -0.508 e. The maximum Gasteiger partial charge on any atom is 0.407 e. The average Bonchev–Trinajstić information content (AvgIpc) is 2.85. The van der Waals surface area contributed by atoms with Crippen LogP contribution in [0.15, 0.2) is 30.1 Å². The number of alkyl carbamates (subject to hydrolysis) is 1. The van der Waals surface area contributed by atoms with Crippen LogP contribution < -0.4 is 16.0 Å². The number of Topliss-reactive ketones (excluding diaryl/α,β-unsaturated/α-hetero) is 2. The summed E-state index contributed by atoms with van der Waals surface area (Å²) in [5.41, 5.74) is 3.31. The number of nitrogens with one attached hydrogen (secondary N) is 1. The van der Waals surface area contributed by atoms with E-state index in [-0.39, 0.29) is 49.3 Å². The number of phenols is 1. The third-order valence-corrected chi connectivity index (χ3v) is 8.02. The third kappa shape index (κ3) is 4.53. The number of nitrogens with two attached hydrogens (primary N) is 1. The molecule has 2 amide bonds. The molecule has 3 aliphatic carbocycles. The fraction of sp³-hybridized carbons (Fsp3) is 0.481. The Labute approximate surface area is 224 Å². The molecule has 12 nitrogen and oxygen atoms in total. The van der Waals surface area contributed by atoms with Gasteiger partial charge in [0.1, 0.15) is 23.2 Å². The summed E-state index contributed by atoms with van der Waals surface area (Å²) in [6.07, 6.45) is -0.545. The number of nitrogens with zero attached hydrogens (tertiary/aromatic N) is 1. The number of aromatic hydroxyl groups is 1. The van der Waals surface area contributed by atoms with Crippen LogP contribution in [0.25, 0.3) is 0 Å². The summed E-state index contributed by atoms with van der Waals surface area (Å²) in [4.78, 5) is 52.0. The highest BCUT2D eigenvalue weighted by Gasteiger charge is 2.62. The molecule has 0 heterocycles. The van der Waals surface area contributed by atoms with Crippen molar-refractivity contribution in [1.82, 2.24) is 5.32 Å². The van der Waals surface area contributed by atoms with Gasteiger partial charge in [-0.1, -0.05) is 6.08 Å². The topological polar surface area (TPSA) is 200 Å². The standard InChI is InChI=1S/C27H33N3O9/c1-4-5-6-39-26(37)29-11-13-9-16(30(2)3)15-8-12-7-14-10-17(31)20(25(28)36)24(35)27(14,38)23(34)18(12)22(33)19(15)21(13)32/h4,9,12,14,18,23,32,34-35,38H,1,5-8,10-11H2,2-3H3,(H2,28,36)(H,29,37)/t12-,14+,18-,23?,27+/m1/s1. The number of benzene rings is 1. The van der Waals surface area contributed by atoms with Crippen molar-refractivity contribution in [3.05, 3.63) is 46.7 Å². The highest BCUT2D eigenvalue weighted by Crippen LogP contribution is 2.54. The predicted octanol–water partition coefficient (Wildman–Crippen LogP) is 0.614. The van der Waals surface area contributed by atoms with Gasteiger partial charge in [0.05, 0.1) is 18.1 Å². The lowest BCUT2D eigenvalue weighted by atomic mass is 9.55. The molecule has 1 aromatic rings. The number of hydrogen-bond acceptors (Lipinski definition) is 10. The number of ether oxygens (including phenoxy) is 1. The second-order valence-corrected chi connectivity index (χ2v) is 10.5. The predicted molar refractivity (Wildman–Crippen MR) is 138 cm³/mol. The molecular formula is C27H33N3O9. The molecule has 0 bridgehead atoms. The van der Waals surface area contributed by atoms with Crippen LogP contribution >= 0.6 is 0 Å². The minimum atomic E-state index is -2.44. The first-order valence-electron chi connectivity index (χ1n) is 12.6. The molecule has 7 N–H and O–H groups in total. The van der Waals surface area contributed by atoms with E-state index in [1.807, 2.05) is 0 Å². The summed E-state index contributed by atoms with van der Waals surface area (Å²) in [5, 5.41) is 47.2. The Morgan fingerprint density at radius 3 is 2.59 bits per heavy atom. The quantitative estimate of drug-likeness (QED) is 0.161. The van der Waals surface area contributed by atoms with Crippen molar-refractivity contribution >= 4 is 29.3 Å². The van der Waals surface area contributed by atoms with Crippen molar-refractivity contribution in [3.8, 4) is 5.75 Å². The maximum absolute atomic E-state index is 13.9. The maximum atomic E-state index is 13.9. The molecule has 1 saturated carbocycles. The van der Waals surface area contributed by atoms with Crippen molar-refractivity contribution in [2.75, 3.05) is 25.6 Å². The number of carbonyl (C=O) groups excluding carboxylic acids is 4. The zero-order chi connectivity index (χ0) is 28.8. The number of aliphatic hydroxyl groups excluding tert-OH is 2. The fourth-order valence-corrected chi connectivity index (χ4v) is 6.16. The molecule has 3 aliphatic rings. The first kappa shape index (κ1) is 28.1. The van der Waals surface area contributed by atoms with E-state index in [0.717, 1.165) is 0 Å². The lowest BCUT2D eigenvalue weighted by molar-refractivity contribution is -0.170. The zero-order valence-electron chi connectivity index (χ0n) is 21.8. The summed E-state index contributed by atoms with van der Waals surface area (Å²) in [5.74, 6) is -6.80. The van der Waals surface area contributed by atoms with Gasteiger partial charge in [0.25, 0.3) is 5.91 Å². The molecule has 12 heteroatoms. The second-order valence-electron chi connectivity index (χ2n) is 10.5. The number of hydrogen-bond donors (Lipinski definition) is 6. The van der Waals surface area contributed by atoms with Crippen molar-refractivity contribution in [2.24, 2.45) is 23.5 Å². The number of fused-ring (bicyclic) bond motifs is 3. The minimum absolute atomic E-state index is 0.0640. The lowest BCUT2D eigenvalue weighted by Crippen LogP contribution is -2.64. The Balaban J connectivity index is 1.73. The second kappa shape index (κ2) is 10.3. The molecular weight excluding hydrogens is 510 g/mol. The molecule has 0 saturated heterocycles. The van der Waals surface area contributed by atoms with E-state index >= 15 is 0 Å². The highest BCUT2D eigenvalue weighted by atomic mass is 16.5. The van der Waals surface area contributed by atoms with Crippen molar-refractivity contribution < 1.29 is 44.3 Å². The monoisotopic (exact) mass is 543 g/mol. The highest BCUT2D eigenvalue weighted by molar-refractivity contribution is 6.20. The van der Waals surface area contributed by atoms with E-state index in [9.17, 15) is 39.6 Å². The number of aliphatic hydroxyl groups is 3. The van der Waals surface area contributed by atoms with Gasteiger partial charge in [-0.15, -0.1) is 6.58 Å². The summed E-state index contributed by atoms with van der Waals surface area (Å²) in [6.45, 7) is 3.52. The summed E-state index contributed by atoms with van der Waals surface area (Å²) in [6, 6.07) is 1.65. The smallest absolute Gasteiger partial charge is 0.407 e. The largest absolute Gasteiger partial charge is 0.508 e. The number of amides is 2. The van der Waals surface area contributed by atoms with Crippen LogP contribution in [0, 0.1) is 17.8 Å². The molecule has 39 heavy (non-hydrogen) atoms. The molecule has 210 valence electrons. The van der Waals surface area contributed by atoms with Gasteiger partial charge < -0.3 is 41.1 Å². The van der Waals surface area contributed by atoms with Crippen LogP contribution in [-0.2, 0) is 27.3 Å². The van der Waals surface area contributed by atoms with Gasteiger partial charge in [-0.2, -0.15) is 0 Å². The van der Waals surface area contributed by atoms with Crippen LogP contribution in [-0.4, -0.2) is 76.4 Å². The lowest BCUT2D eigenvalue weighted by Gasteiger charge is -2.52. The van der Waals surface area contributed by atoms with Crippen LogP contribution in [0.2, 0.25) is 0 Å². The van der Waals surface area contributed by atoms with Gasteiger partial charge in [0.15, 0.2) is 17.2 Å². The van der Waals surface area contributed by atoms with E-state index in [4.69, 9.17) is 10.5 Å². The van der Waals surface area contributed by atoms with Crippen LogP contribution in [0.1, 0.15) is 40.7 Å². The summed E-state index contributed by atoms with van der Waals surface area (Å²) >= 11 is 0. The van der Waals surface area contributed by atoms with Gasteiger partial charge in [0, 0.05) is 44.2 Å². The van der Waals surface area contributed by atoms with Crippen LogP contribution in [0.3, 0.4) is 0 Å².